The Morgan fingerprint density at radius 2 is 2.00 bits per heavy atom. The maximum absolute atomic E-state index is 11.9. The molecule has 1 aromatic rings. The Balaban J connectivity index is 1.90. The average molecular weight is 251 g/mol. The normalized spacial score (nSPS) is 17.7. The van der Waals surface area contributed by atoms with Crippen LogP contribution in [0.3, 0.4) is 0 Å². The van der Waals surface area contributed by atoms with Gasteiger partial charge < -0.3 is 10.0 Å². The molecule has 1 aliphatic heterocycles. The summed E-state index contributed by atoms with van der Waals surface area (Å²) in [5.41, 5.74) is 1.22. The molecule has 0 radical (unpaired) electrons. The third-order valence-electron chi connectivity index (χ3n) is 2.86. The Morgan fingerprint density at radius 3 is 2.53 bits per heavy atom. The van der Waals surface area contributed by atoms with Gasteiger partial charge in [-0.15, -0.1) is 11.8 Å². The van der Waals surface area contributed by atoms with Crippen LogP contribution in [0.25, 0.3) is 0 Å². The minimum Gasteiger partial charge on any atom is -0.389 e. The Morgan fingerprint density at radius 1 is 1.41 bits per heavy atom. The monoisotopic (exact) mass is 251 g/mol. The van der Waals surface area contributed by atoms with E-state index in [-0.39, 0.29) is 17.3 Å². The molecule has 0 saturated carbocycles. The number of aliphatic hydroxyl groups is 1. The molecule has 17 heavy (non-hydrogen) atoms. The molecule has 1 saturated heterocycles. The van der Waals surface area contributed by atoms with Crippen LogP contribution in [-0.4, -0.2) is 40.4 Å². The predicted octanol–water partition coefficient (Wildman–Crippen LogP) is 1.68. The fourth-order valence-electron chi connectivity index (χ4n) is 1.76. The molecular weight excluding hydrogens is 234 g/mol. The first kappa shape index (κ1) is 12.5. The summed E-state index contributed by atoms with van der Waals surface area (Å²) in [6, 6.07) is 8.17. The number of aliphatic hydroxyl groups excluding tert-OH is 1. The number of β-amino-alcohol motifs (C(OH)–C–C–N with tert-alkyl or cyclic N) is 1. The van der Waals surface area contributed by atoms with Crippen molar-refractivity contribution in [3.05, 3.63) is 29.8 Å². The molecular formula is C13H17NO2S. The first-order chi connectivity index (χ1) is 8.06. The Kier molecular flexibility index (Phi) is 3.74. The molecule has 0 aliphatic carbocycles. The van der Waals surface area contributed by atoms with Gasteiger partial charge in [-0.3, -0.25) is 4.79 Å². The van der Waals surface area contributed by atoms with Crippen LogP contribution in [0, 0.1) is 6.92 Å². The third kappa shape index (κ3) is 3.01. The Hall–Kier alpha value is -1.00. The Bertz CT molecular complexity index is 398. The van der Waals surface area contributed by atoms with Crippen LogP contribution in [0.4, 0.5) is 0 Å². The predicted molar refractivity (Wildman–Crippen MR) is 69.1 cm³/mol. The van der Waals surface area contributed by atoms with E-state index in [1.165, 1.54) is 5.56 Å². The van der Waals surface area contributed by atoms with E-state index in [9.17, 15) is 4.79 Å². The zero-order chi connectivity index (χ0) is 12.4. The van der Waals surface area contributed by atoms with Crippen molar-refractivity contribution in [1.82, 2.24) is 4.90 Å². The van der Waals surface area contributed by atoms with E-state index in [2.05, 4.69) is 0 Å². The van der Waals surface area contributed by atoms with E-state index in [1.54, 1.807) is 16.7 Å². The number of hydrogen-bond donors (Lipinski definition) is 1. The molecule has 1 unspecified atom stereocenters. The van der Waals surface area contributed by atoms with Gasteiger partial charge >= 0.3 is 0 Å². The van der Waals surface area contributed by atoms with E-state index in [0.29, 0.717) is 13.1 Å². The second-order valence-corrected chi connectivity index (χ2v) is 5.88. The van der Waals surface area contributed by atoms with Crippen LogP contribution in [0.15, 0.2) is 29.2 Å². The van der Waals surface area contributed by atoms with Gasteiger partial charge in [0.15, 0.2) is 0 Å². The first-order valence-electron chi connectivity index (χ1n) is 5.76. The van der Waals surface area contributed by atoms with E-state index in [1.807, 2.05) is 38.1 Å². The van der Waals surface area contributed by atoms with E-state index in [4.69, 9.17) is 5.11 Å². The van der Waals surface area contributed by atoms with Gasteiger partial charge in [0.2, 0.25) is 5.91 Å². The summed E-state index contributed by atoms with van der Waals surface area (Å²) in [7, 11) is 0. The van der Waals surface area contributed by atoms with Gasteiger partial charge in [-0.2, -0.15) is 0 Å². The van der Waals surface area contributed by atoms with E-state index in [0.717, 1.165) is 4.90 Å². The third-order valence-corrected chi connectivity index (χ3v) is 3.96. The molecule has 1 fully saturated rings. The minimum absolute atomic E-state index is 0.0924. The van der Waals surface area contributed by atoms with Crippen LogP contribution in [0.2, 0.25) is 0 Å². The molecule has 1 atom stereocenters. The van der Waals surface area contributed by atoms with Gasteiger partial charge in [0.1, 0.15) is 0 Å². The van der Waals surface area contributed by atoms with Gasteiger partial charge in [0, 0.05) is 18.0 Å². The largest absolute Gasteiger partial charge is 0.389 e. The zero-order valence-corrected chi connectivity index (χ0v) is 10.9. The smallest absolute Gasteiger partial charge is 0.235 e. The standard InChI is InChI=1S/C13H17NO2S/c1-9-3-5-12(6-4-9)17-10(2)13(16)14-7-11(15)8-14/h3-6,10-11,15H,7-8H2,1-2H3. The summed E-state index contributed by atoms with van der Waals surface area (Å²) >= 11 is 1.57. The number of carbonyl (C=O) groups is 1. The van der Waals surface area contributed by atoms with Crippen molar-refractivity contribution in [2.75, 3.05) is 13.1 Å². The number of benzene rings is 1. The fourth-order valence-corrected chi connectivity index (χ4v) is 2.72. The number of amides is 1. The minimum atomic E-state index is -0.324. The molecule has 0 spiro atoms. The topological polar surface area (TPSA) is 40.5 Å². The van der Waals surface area contributed by atoms with Crippen molar-refractivity contribution in [3.63, 3.8) is 0 Å². The van der Waals surface area contributed by atoms with Crippen molar-refractivity contribution in [2.45, 2.75) is 30.1 Å². The molecule has 0 aromatic heterocycles. The number of nitrogens with zero attached hydrogens (tertiary/aromatic N) is 1. The number of aryl methyl sites for hydroxylation is 1. The second kappa shape index (κ2) is 5.10. The molecule has 92 valence electrons. The van der Waals surface area contributed by atoms with Crippen molar-refractivity contribution < 1.29 is 9.90 Å². The molecule has 1 aromatic carbocycles. The summed E-state index contributed by atoms with van der Waals surface area (Å²) in [5, 5.41) is 9.08. The van der Waals surface area contributed by atoms with Crippen LogP contribution in [-0.2, 0) is 4.79 Å². The highest BCUT2D eigenvalue weighted by molar-refractivity contribution is 8.00. The number of rotatable bonds is 3. The molecule has 4 heteroatoms. The molecule has 2 rings (SSSR count). The average Bonchev–Trinajstić information content (AvgIpc) is 2.27. The van der Waals surface area contributed by atoms with Gasteiger partial charge in [-0.25, -0.2) is 0 Å². The molecule has 1 N–H and O–H groups in total. The summed E-state index contributed by atoms with van der Waals surface area (Å²) < 4.78 is 0. The van der Waals surface area contributed by atoms with E-state index < -0.39 is 0 Å². The lowest BCUT2D eigenvalue weighted by Gasteiger charge is -2.37. The maximum atomic E-state index is 11.9. The van der Waals surface area contributed by atoms with Crippen molar-refractivity contribution >= 4 is 17.7 Å². The summed E-state index contributed by atoms with van der Waals surface area (Å²) in [5.74, 6) is 0.112. The highest BCUT2D eigenvalue weighted by Gasteiger charge is 2.31. The van der Waals surface area contributed by atoms with Crippen molar-refractivity contribution in [2.24, 2.45) is 0 Å². The molecule has 3 nitrogen and oxygen atoms in total. The maximum Gasteiger partial charge on any atom is 0.235 e. The summed E-state index contributed by atoms with van der Waals surface area (Å²) in [4.78, 5) is 14.7. The quantitative estimate of drug-likeness (QED) is 0.831. The fraction of sp³-hybridized carbons (Fsp3) is 0.462. The molecule has 1 amide bonds. The van der Waals surface area contributed by atoms with Gasteiger partial charge in [-0.1, -0.05) is 17.7 Å². The second-order valence-electron chi connectivity index (χ2n) is 4.47. The zero-order valence-electron chi connectivity index (χ0n) is 10.1. The van der Waals surface area contributed by atoms with Gasteiger partial charge in [-0.05, 0) is 26.0 Å². The van der Waals surface area contributed by atoms with Crippen molar-refractivity contribution in [1.29, 1.82) is 0 Å². The number of hydrogen-bond acceptors (Lipinski definition) is 3. The summed E-state index contributed by atoms with van der Waals surface area (Å²) in [6.07, 6.45) is -0.324. The van der Waals surface area contributed by atoms with Crippen molar-refractivity contribution in [3.8, 4) is 0 Å². The highest BCUT2D eigenvalue weighted by Crippen LogP contribution is 2.25. The first-order valence-corrected chi connectivity index (χ1v) is 6.64. The number of carbonyl (C=O) groups excluding carboxylic acids is 1. The molecule has 1 aliphatic rings. The van der Waals surface area contributed by atoms with Crippen LogP contribution in [0.5, 0.6) is 0 Å². The van der Waals surface area contributed by atoms with Gasteiger partial charge in [0.25, 0.3) is 0 Å². The SMILES string of the molecule is Cc1ccc(SC(C)C(=O)N2CC(O)C2)cc1. The lowest BCUT2D eigenvalue weighted by molar-refractivity contribution is -0.140. The van der Waals surface area contributed by atoms with Crippen LogP contribution >= 0.6 is 11.8 Å². The number of likely N-dealkylation sites (tertiary alicyclic amines) is 1. The lowest BCUT2D eigenvalue weighted by Crippen LogP contribution is -2.55. The van der Waals surface area contributed by atoms with Crippen LogP contribution < -0.4 is 0 Å². The van der Waals surface area contributed by atoms with E-state index >= 15 is 0 Å². The summed E-state index contributed by atoms with van der Waals surface area (Å²) in [6.45, 7) is 4.93. The Labute approximate surface area is 106 Å². The highest BCUT2D eigenvalue weighted by atomic mass is 32.2. The van der Waals surface area contributed by atoms with Gasteiger partial charge in [0.05, 0.1) is 11.4 Å². The lowest BCUT2D eigenvalue weighted by atomic mass is 10.1. The molecule has 0 bridgehead atoms. The number of thioether (sulfide) groups is 1. The molecule has 1 heterocycles. The van der Waals surface area contributed by atoms with Crippen LogP contribution in [0.1, 0.15) is 12.5 Å².